The molecule has 1 aromatic heterocycles. The van der Waals surface area contributed by atoms with Gasteiger partial charge in [-0.15, -0.1) is 0 Å². The number of aromatic nitrogens is 1. The number of ether oxygens (including phenoxy) is 3. The minimum atomic E-state index is -3.97. The molecule has 0 radical (unpaired) electrons. The Labute approximate surface area is 209 Å². The number of hydrogen-bond acceptors (Lipinski definition) is 7. The Kier molecular flexibility index (Phi) is 6.37. The number of rotatable bonds is 6. The summed E-state index contributed by atoms with van der Waals surface area (Å²) in [5.41, 5.74) is 3.24. The minimum absolute atomic E-state index is 0.0685. The zero-order valence-electron chi connectivity index (χ0n) is 19.5. The summed E-state index contributed by atoms with van der Waals surface area (Å²) in [4.78, 5) is 6.60. The van der Waals surface area contributed by atoms with E-state index in [1.54, 1.807) is 25.3 Å². The lowest BCUT2D eigenvalue weighted by molar-refractivity contribution is 0.245. The molecule has 10 heteroatoms. The third-order valence-electron chi connectivity index (χ3n) is 6.14. The van der Waals surface area contributed by atoms with Gasteiger partial charge in [0.25, 0.3) is 10.0 Å². The zero-order valence-corrected chi connectivity index (χ0v) is 21.1. The van der Waals surface area contributed by atoms with Gasteiger partial charge in [0.15, 0.2) is 11.6 Å². The fourth-order valence-corrected chi connectivity index (χ4v) is 5.71. The summed E-state index contributed by atoms with van der Waals surface area (Å²) in [5, 5.41) is 0.367. The van der Waals surface area contributed by atoms with Gasteiger partial charge in [-0.2, -0.15) is 0 Å². The fraction of sp³-hybridized carbons (Fsp3) is 0.320. The van der Waals surface area contributed by atoms with Crippen LogP contribution in [0.5, 0.6) is 17.2 Å². The van der Waals surface area contributed by atoms with E-state index in [-0.39, 0.29) is 23.1 Å². The van der Waals surface area contributed by atoms with Crippen molar-refractivity contribution in [2.75, 3.05) is 36.4 Å². The monoisotopic (exact) mass is 515 g/mol. The Morgan fingerprint density at radius 1 is 1.20 bits per heavy atom. The number of likely N-dealkylation sites (N-methyl/N-ethyl adjacent to an activating group) is 1. The van der Waals surface area contributed by atoms with E-state index in [4.69, 9.17) is 25.8 Å². The highest BCUT2D eigenvalue weighted by molar-refractivity contribution is 7.92. The predicted molar refractivity (Wildman–Crippen MR) is 135 cm³/mol. The predicted octanol–water partition coefficient (Wildman–Crippen LogP) is 4.58. The molecular formula is C25H26ClN3O5S. The second-order valence-electron chi connectivity index (χ2n) is 8.57. The van der Waals surface area contributed by atoms with Crippen molar-refractivity contribution >= 4 is 33.1 Å². The first kappa shape index (κ1) is 23.6. The molecule has 0 spiro atoms. The number of fused-ring (bicyclic) bond motifs is 2. The molecule has 1 N–H and O–H groups in total. The molecule has 35 heavy (non-hydrogen) atoms. The van der Waals surface area contributed by atoms with Crippen molar-refractivity contribution in [3.63, 3.8) is 0 Å². The van der Waals surface area contributed by atoms with Crippen molar-refractivity contribution in [1.82, 2.24) is 4.98 Å². The highest BCUT2D eigenvalue weighted by atomic mass is 35.5. The van der Waals surface area contributed by atoms with Crippen LogP contribution in [0, 0.1) is 6.92 Å². The zero-order chi connectivity index (χ0) is 24.6. The van der Waals surface area contributed by atoms with Crippen LogP contribution in [0.3, 0.4) is 0 Å². The summed E-state index contributed by atoms with van der Waals surface area (Å²) in [5.74, 6) is 1.64. The molecule has 2 aliphatic heterocycles. The van der Waals surface area contributed by atoms with E-state index in [2.05, 4.69) is 14.6 Å². The quantitative estimate of drug-likeness (QED) is 0.514. The van der Waals surface area contributed by atoms with Crippen molar-refractivity contribution in [3.05, 3.63) is 64.3 Å². The van der Waals surface area contributed by atoms with Gasteiger partial charge >= 0.3 is 0 Å². The molecule has 0 bridgehead atoms. The maximum absolute atomic E-state index is 13.2. The van der Waals surface area contributed by atoms with Crippen LogP contribution in [0.25, 0.3) is 0 Å². The number of hydrogen-bond donors (Lipinski definition) is 1. The third-order valence-corrected chi connectivity index (χ3v) is 8.03. The molecule has 184 valence electrons. The smallest absolute Gasteiger partial charge is 0.263 e. The topological polar surface area (TPSA) is 90.0 Å². The maximum Gasteiger partial charge on any atom is 0.263 e. The number of halogens is 1. The average molecular weight is 516 g/mol. The van der Waals surface area contributed by atoms with E-state index in [9.17, 15) is 8.42 Å². The number of aryl methyl sites for hydroxylation is 1. The van der Waals surface area contributed by atoms with Gasteiger partial charge < -0.3 is 19.1 Å². The van der Waals surface area contributed by atoms with Gasteiger partial charge in [0.1, 0.15) is 19.0 Å². The van der Waals surface area contributed by atoms with E-state index in [1.165, 1.54) is 6.07 Å². The number of nitrogens with one attached hydrogen (secondary N) is 1. The first-order chi connectivity index (χ1) is 16.8. The molecule has 8 nitrogen and oxygen atoms in total. The summed E-state index contributed by atoms with van der Waals surface area (Å²) in [7, 11) is -1.95. The molecule has 0 amide bonds. The lowest BCUT2D eigenvalue weighted by atomic mass is 10.1. The van der Waals surface area contributed by atoms with E-state index >= 15 is 0 Å². The van der Waals surface area contributed by atoms with Crippen molar-refractivity contribution in [2.24, 2.45) is 0 Å². The molecule has 0 fully saturated rings. The molecule has 0 saturated heterocycles. The summed E-state index contributed by atoms with van der Waals surface area (Å²) >= 11 is 6.16. The van der Waals surface area contributed by atoms with Crippen molar-refractivity contribution in [3.8, 4) is 17.2 Å². The van der Waals surface area contributed by atoms with Crippen molar-refractivity contribution in [2.45, 2.75) is 31.3 Å². The van der Waals surface area contributed by atoms with Crippen LogP contribution in [0.1, 0.15) is 23.1 Å². The van der Waals surface area contributed by atoms with Crippen molar-refractivity contribution in [1.29, 1.82) is 0 Å². The van der Waals surface area contributed by atoms with E-state index in [0.717, 1.165) is 42.0 Å². The van der Waals surface area contributed by atoms with Gasteiger partial charge in [-0.1, -0.05) is 23.7 Å². The Hall–Kier alpha value is -3.17. The van der Waals surface area contributed by atoms with Gasteiger partial charge in [0, 0.05) is 23.8 Å². The largest absolute Gasteiger partial charge is 0.490 e. The highest BCUT2D eigenvalue weighted by Gasteiger charge is 2.26. The van der Waals surface area contributed by atoms with E-state index in [1.807, 2.05) is 25.2 Å². The van der Waals surface area contributed by atoms with Crippen LogP contribution in [0.15, 0.2) is 47.5 Å². The van der Waals surface area contributed by atoms with Crippen LogP contribution in [0.2, 0.25) is 5.02 Å². The SMILES string of the molecule is Cc1c(Cl)cccc1S(=O)(=O)Nc1ncc2c(c1OCc1ccc3c(c1)OCCN3C)OCCC2. The molecule has 3 heterocycles. The lowest BCUT2D eigenvalue weighted by Crippen LogP contribution is -2.28. The molecule has 0 aliphatic carbocycles. The average Bonchev–Trinajstić information content (AvgIpc) is 2.84. The second-order valence-corrected chi connectivity index (χ2v) is 10.6. The van der Waals surface area contributed by atoms with Crippen LogP contribution < -0.4 is 23.8 Å². The lowest BCUT2D eigenvalue weighted by Gasteiger charge is -2.28. The van der Waals surface area contributed by atoms with Gasteiger partial charge in [-0.25, -0.2) is 13.4 Å². The number of benzene rings is 2. The Bertz CT molecular complexity index is 1380. The van der Waals surface area contributed by atoms with Crippen LogP contribution >= 0.6 is 11.6 Å². The molecule has 0 saturated carbocycles. The third kappa shape index (κ3) is 4.70. The Balaban J connectivity index is 1.47. The normalized spacial score (nSPS) is 14.9. The number of anilines is 2. The van der Waals surface area contributed by atoms with Crippen molar-refractivity contribution < 1.29 is 22.6 Å². The highest BCUT2D eigenvalue weighted by Crippen LogP contribution is 2.41. The van der Waals surface area contributed by atoms with Gasteiger partial charge in [-0.3, -0.25) is 4.72 Å². The molecule has 0 unspecified atom stereocenters. The Morgan fingerprint density at radius 3 is 2.91 bits per heavy atom. The molecule has 2 aromatic carbocycles. The molecule has 5 rings (SSSR count). The maximum atomic E-state index is 13.2. The fourth-order valence-electron chi connectivity index (χ4n) is 4.20. The Morgan fingerprint density at radius 2 is 2.06 bits per heavy atom. The molecule has 3 aromatic rings. The van der Waals surface area contributed by atoms with Gasteiger partial charge in [0.2, 0.25) is 5.75 Å². The number of pyridine rings is 1. The number of nitrogens with zero attached hydrogens (tertiary/aromatic N) is 2. The van der Waals surface area contributed by atoms with Crippen LogP contribution in [-0.4, -0.2) is 40.2 Å². The van der Waals surface area contributed by atoms with Gasteiger partial charge in [-0.05, 0) is 55.2 Å². The molecule has 0 atom stereocenters. The summed E-state index contributed by atoms with van der Waals surface area (Å²) < 4.78 is 46.9. The first-order valence-corrected chi connectivity index (χ1v) is 13.2. The minimum Gasteiger partial charge on any atom is -0.490 e. The van der Waals surface area contributed by atoms with E-state index < -0.39 is 10.0 Å². The first-order valence-electron chi connectivity index (χ1n) is 11.4. The van der Waals surface area contributed by atoms with E-state index in [0.29, 0.717) is 29.5 Å². The molecular weight excluding hydrogens is 490 g/mol. The standard InChI is InChI=1S/C25H26ClN3O5S/c1-16-19(26)6-3-7-22(16)35(30,31)28-25-24(23-18(14-27-25)5-4-11-33-23)34-15-17-8-9-20-21(13-17)32-12-10-29(20)2/h3,6-9,13-14H,4-5,10-12,15H2,1-2H3,(H,27,28). The molecule has 2 aliphatic rings. The summed E-state index contributed by atoms with van der Waals surface area (Å²) in [6.45, 7) is 3.82. The summed E-state index contributed by atoms with van der Waals surface area (Å²) in [6.07, 6.45) is 3.27. The number of sulfonamides is 1. The van der Waals surface area contributed by atoms with Crippen LogP contribution in [-0.2, 0) is 23.1 Å². The van der Waals surface area contributed by atoms with Crippen LogP contribution in [0.4, 0.5) is 11.5 Å². The van der Waals surface area contributed by atoms with Gasteiger partial charge in [0.05, 0.1) is 23.7 Å². The second kappa shape index (κ2) is 9.47. The summed E-state index contributed by atoms with van der Waals surface area (Å²) in [6, 6.07) is 10.6.